The number of carbonyl (C=O) groups is 2. The summed E-state index contributed by atoms with van der Waals surface area (Å²) in [4.78, 5) is 34.3. The molecule has 11 nitrogen and oxygen atoms in total. The Morgan fingerprint density at radius 3 is 1.24 bits per heavy atom. The van der Waals surface area contributed by atoms with Gasteiger partial charge < -0.3 is 20.1 Å². The molecule has 0 atom stereocenters. The van der Waals surface area contributed by atoms with Gasteiger partial charge in [0, 0.05) is 23.5 Å². The molecule has 1 heterocycles. The van der Waals surface area contributed by atoms with Crippen molar-refractivity contribution < 1.29 is 19.1 Å². The van der Waals surface area contributed by atoms with Crippen LogP contribution in [-0.4, -0.2) is 51.4 Å². The molecule has 0 aliphatic carbocycles. The van der Waals surface area contributed by atoms with Crippen LogP contribution < -0.4 is 21.3 Å². The molecule has 0 radical (unpaired) electrons. The highest BCUT2D eigenvalue weighted by Gasteiger charge is 2.07. The molecule has 4 N–H and O–H groups in total. The Morgan fingerprint density at radius 1 is 0.610 bits per heavy atom. The quantitative estimate of drug-likeness (QED) is 0.211. The van der Waals surface area contributed by atoms with Gasteiger partial charge in [-0.25, -0.2) is 9.59 Å². The third-order valence-corrected chi connectivity index (χ3v) is 4.34. The maximum atomic E-state index is 11.1. The molecule has 3 rings (SSSR count). The SMILES string of the molecule is CC(C)Nc1nc(Cl)nc(NC(C)C)n1.CC(C)OC(=O)Nc1ccccc1.CC(C)OC(=O)Nc1ccccc1. The van der Waals surface area contributed by atoms with Gasteiger partial charge in [-0.15, -0.1) is 0 Å². The van der Waals surface area contributed by atoms with E-state index in [4.69, 9.17) is 21.1 Å². The predicted molar refractivity (Wildman–Crippen MR) is 166 cm³/mol. The standard InChI is InChI=1S/2C10H13NO2.C9H16ClN5/c2*1-8(2)13-10(12)11-9-6-4-3-5-7-9;1-5(2)11-8-13-7(10)14-9(15-8)12-6(3)4/h2*3-8H,1-2H3,(H,11,12);5-6H,1-4H3,(H2,11,12,13,14,15). The smallest absolute Gasteiger partial charge is 0.411 e. The largest absolute Gasteiger partial charge is 0.447 e. The second kappa shape index (κ2) is 19.0. The summed E-state index contributed by atoms with van der Waals surface area (Å²) < 4.78 is 9.81. The normalized spacial score (nSPS) is 10.2. The summed E-state index contributed by atoms with van der Waals surface area (Å²) in [6.07, 6.45) is -1.02. The van der Waals surface area contributed by atoms with E-state index in [-0.39, 0.29) is 29.6 Å². The first-order valence-electron chi connectivity index (χ1n) is 13.3. The van der Waals surface area contributed by atoms with E-state index in [2.05, 4.69) is 36.2 Å². The Kier molecular flexibility index (Phi) is 16.2. The van der Waals surface area contributed by atoms with E-state index in [0.717, 1.165) is 11.4 Å². The Morgan fingerprint density at radius 2 is 0.951 bits per heavy atom. The molecular formula is C29H42ClN7O4. The zero-order chi connectivity index (χ0) is 30.8. The lowest BCUT2D eigenvalue weighted by molar-refractivity contribution is 0.129. The predicted octanol–water partition coefficient (Wildman–Crippen LogP) is 7.45. The molecule has 0 saturated heterocycles. The van der Waals surface area contributed by atoms with Crippen LogP contribution in [0.5, 0.6) is 0 Å². The summed E-state index contributed by atoms with van der Waals surface area (Å²) in [5, 5.41) is 11.6. The average molecular weight is 588 g/mol. The van der Waals surface area contributed by atoms with E-state index in [1.54, 1.807) is 0 Å². The molecule has 2 amide bonds. The number of benzene rings is 2. The van der Waals surface area contributed by atoms with Crippen LogP contribution in [0.1, 0.15) is 55.4 Å². The lowest BCUT2D eigenvalue weighted by atomic mass is 10.3. The van der Waals surface area contributed by atoms with Crippen molar-refractivity contribution in [3.8, 4) is 0 Å². The van der Waals surface area contributed by atoms with Crippen molar-refractivity contribution in [2.24, 2.45) is 0 Å². The first-order valence-corrected chi connectivity index (χ1v) is 13.7. The number of aromatic nitrogens is 3. The Labute approximate surface area is 247 Å². The second-order valence-electron chi connectivity index (χ2n) is 9.74. The minimum Gasteiger partial charge on any atom is -0.447 e. The van der Waals surface area contributed by atoms with Crippen LogP contribution in [0.25, 0.3) is 0 Å². The minimum atomic E-state index is -0.416. The zero-order valence-electron chi connectivity index (χ0n) is 24.9. The summed E-state index contributed by atoms with van der Waals surface area (Å²) in [5.41, 5.74) is 1.49. The molecule has 0 aliphatic rings. The molecular weight excluding hydrogens is 546 g/mol. The highest BCUT2D eigenvalue weighted by Crippen LogP contribution is 2.11. The van der Waals surface area contributed by atoms with Gasteiger partial charge in [-0.2, -0.15) is 15.0 Å². The minimum absolute atomic E-state index is 0.0938. The van der Waals surface area contributed by atoms with Crippen LogP contribution in [0.4, 0.5) is 32.9 Å². The number of nitrogens with one attached hydrogen (secondary N) is 4. The maximum absolute atomic E-state index is 11.1. The van der Waals surface area contributed by atoms with Gasteiger partial charge in [-0.05, 0) is 91.3 Å². The average Bonchev–Trinajstić information content (AvgIpc) is 2.84. The number of para-hydroxylation sites is 2. The van der Waals surface area contributed by atoms with Crippen LogP contribution in [0.2, 0.25) is 5.28 Å². The third kappa shape index (κ3) is 18.0. The first kappa shape index (κ1) is 34.9. The van der Waals surface area contributed by atoms with E-state index in [9.17, 15) is 9.59 Å². The topological polar surface area (TPSA) is 139 Å². The number of halogens is 1. The number of hydrogen-bond donors (Lipinski definition) is 4. The van der Waals surface area contributed by atoms with Crippen molar-refractivity contribution in [3.05, 3.63) is 65.9 Å². The fourth-order valence-electron chi connectivity index (χ4n) is 2.76. The van der Waals surface area contributed by atoms with Crippen LogP contribution in [-0.2, 0) is 9.47 Å². The molecule has 0 aliphatic heterocycles. The van der Waals surface area contributed by atoms with Crippen molar-refractivity contribution in [1.29, 1.82) is 0 Å². The number of ether oxygens (including phenoxy) is 2. The number of rotatable bonds is 8. The molecule has 1 aromatic heterocycles. The van der Waals surface area contributed by atoms with E-state index in [1.807, 2.05) is 116 Å². The van der Waals surface area contributed by atoms with Gasteiger partial charge in [0.1, 0.15) is 0 Å². The lowest BCUT2D eigenvalue weighted by Crippen LogP contribution is -2.17. The van der Waals surface area contributed by atoms with Crippen molar-refractivity contribution in [3.63, 3.8) is 0 Å². The molecule has 0 spiro atoms. The van der Waals surface area contributed by atoms with Crippen LogP contribution in [0.3, 0.4) is 0 Å². The van der Waals surface area contributed by atoms with Gasteiger partial charge in [-0.1, -0.05) is 36.4 Å². The zero-order valence-corrected chi connectivity index (χ0v) is 25.7. The van der Waals surface area contributed by atoms with Crippen LogP contribution >= 0.6 is 11.6 Å². The van der Waals surface area contributed by atoms with E-state index in [0.29, 0.717) is 11.9 Å². The van der Waals surface area contributed by atoms with E-state index < -0.39 is 12.2 Å². The van der Waals surface area contributed by atoms with Crippen molar-refractivity contribution in [2.45, 2.75) is 79.7 Å². The summed E-state index contributed by atoms with van der Waals surface area (Å²) in [5.74, 6) is 0.987. The number of hydrogen-bond acceptors (Lipinski definition) is 9. The van der Waals surface area contributed by atoms with Gasteiger partial charge in [0.25, 0.3) is 0 Å². The molecule has 41 heavy (non-hydrogen) atoms. The van der Waals surface area contributed by atoms with Crippen molar-refractivity contribution in [2.75, 3.05) is 21.3 Å². The molecule has 12 heteroatoms. The summed E-state index contributed by atoms with van der Waals surface area (Å²) >= 11 is 5.77. The number of anilines is 4. The monoisotopic (exact) mass is 587 g/mol. The number of carbonyl (C=O) groups excluding carboxylic acids is 2. The number of amides is 2. The molecule has 0 bridgehead atoms. The maximum Gasteiger partial charge on any atom is 0.411 e. The van der Waals surface area contributed by atoms with E-state index >= 15 is 0 Å². The molecule has 0 unspecified atom stereocenters. The fraction of sp³-hybridized carbons (Fsp3) is 0.414. The molecule has 2 aromatic carbocycles. The van der Waals surface area contributed by atoms with Crippen LogP contribution in [0.15, 0.2) is 60.7 Å². The van der Waals surface area contributed by atoms with Crippen molar-refractivity contribution >= 4 is 47.1 Å². The summed E-state index contributed by atoms with van der Waals surface area (Å²) in [6.45, 7) is 15.3. The molecule has 0 saturated carbocycles. The first-order chi connectivity index (χ1) is 19.3. The van der Waals surface area contributed by atoms with Gasteiger partial charge in [0.15, 0.2) is 0 Å². The van der Waals surface area contributed by atoms with Crippen LogP contribution in [0, 0.1) is 0 Å². The highest BCUT2D eigenvalue weighted by atomic mass is 35.5. The lowest BCUT2D eigenvalue weighted by Gasteiger charge is -2.11. The van der Waals surface area contributed by atoms with Crippen molar-refractivity contribution in [1.82, 2.24) is 15.0 Å². The van der Waals surface area contributed by atoms with Gasteiger partial charge in [-0.3, -0.25) is 10.6 Å². The number of nitrogens with zero attached hydrogens (tertiary/aromatic N) is 3. The molecule has 3 aromatic rings. The van der Waals surface area contributed by atoms with E-state index in [1.165, 1.54) is 0 Å². The highest BCUT2D eigenvalue weighted by molar-refractivity contribution is 6.28. The molecule has 224 valence electrons. The van der Waals surface area contributed by atoms with Gasteiger partial charge in [0.2, 0.25) is 17.2 Å². The Bertz CT molecular complexity index is 1080. The summed E-state index contributed by atoms with van der Waals surface area (Å²) in [6, 6.07) is 18.9. The van der Waals surface area contributed by atoms with Gasteiger partial charge in [0.05, 0.1) is 12.2 Å². The Hall–Kier alpha value is -4.12. The Balaban J connectivity index is 0.000000309. The second-order valence-corrected chi connectivity index (χ2v) is 10.1. The molecule has 0 fully saturated rings. The van der Waals surface area contributed by atoms with Gasteiger partial charge >= 0.3 is 12.2 Å². The third-order valence-electron chi connectivity index (χ3n) is 4.17. The summed E-state index contributed by atoms with van der Waals surface area (Å²) in [7, 11) is 0. The fourth-order valence-corrected chi connectivity index (χ4v) is 2.92.